The summed E-state index contributed by atoms with van der Waals surface area (Å²) >= 11 is 0. The van der Waals surface area contributed by atoms with Gasteiger partial charge in [-0.05, 0) is 57.7 Å². The molecule has 256 valence electrons. The van der Waals surface area contributed by atoms with Crippen molar-refractivity contribution in [2.24, 2.45) is 0 Å². The van der Waals surface area contributed by atoms with Gasteiger partial charge in [0.25, 0.3) is 5.69 Å². The summed E-state index contributed by atoms with van der Waals surface area (Å²) in [6, 6.07) is 9.45. The van der Waals surface area contributed by atoms with Crippen molar-refractivity contribution in [3.8, 4) is 11.5 Å². The van der Waals surface area contributed by atoms with Crippen LogP contribution in [0.4, 0.5) is 5.69 Å². The van der Waals surface area contributed by atoms with Gasteiger partial charge in [-0.1, -0.05) is 87.4 Å². The van der Waals surface area contributed by atoms with Gasteiger partial charge < -0.3 is 8.97 Å². The van der Waals surface area contributed by atoms with Crippen molar-refractivity contribution in [1.29, 1.82) is 0 Å². The summed E-state index contributed by atoms with van der Waals surface area (Å²) in [6.07, 6.45) is 2.16. The Kier molecular flexibility index (Phi) is 11.4. The zero-order valence-electron chi connectivity index (χ0n) is 29.9. The smallest absolute Gasteiger partial charge is 0.324 e. The lowest BCUT2D eigenvalue weighted by molar-refractivity contribution is -0.384. The number of hydrogen-bond acceptors (Lipinski definition) is 6. The van der Waals surface area contributed by atoms with E-state index in [0.29, 0.717) is 16.6 Å². The predicted octanol–water partition coefficient (Wildman–Crippen LogP) is 8.03. The number of esters is 1. The first-order chi connectivity index (χ1) is 21.6. The number of rotatable bonds is 11. The van der Waals surface area contributed by atoms with Gasteiger partial charge in [0.15, 0.2) is 8.24 Å². The molecule has 1 N–H and O–H groups in total. The molecule has 1 atom stereocenters. The minimum atomic E-state index is -4.24. The van der Waals surface area contributed by atoms with Crippen LogP contribution >= 0.6 is 0 Å². The molecule has 9 nitrogen and oxygen atoms in total. The zero-order chi connectivity index (χ0) is 35.7. The Labute approximate surface area is 282 Å². The van der Waals surface area contributed by atoms with Crippen molar-refractivity contribution in [1.82, 2.24) is 8.95 Å². The second kappa shape index (κ2) is 14.1. The first-order valence-corrected chi connectivity index (χ1v) is 22.8. The maximum atomic E-state index is 13.5. The van der Waals surface area contributed by atoms with Crippen LogP contribution in [-0.4, -0.2) is 53.0 Å². The number of sulfonamides is 1. The van der Waals surface area contributed by atoms with Crippen LogP contribution in [-0.2, 0) is 26.0 Å². The molecule has 1 aromatic heterocycles. The molecule has 2 aromatic carbocycles. The fourth-order valence-corrected chi connectivity index (χ4v) is 15.4. The van der Waals surface area contributed by atoms with E-state index in [1.54, 1.807) is 0 Å². The number of nitro benzene ring substituents is 1. The molecule has 47 heavy (non-hydrogen) atoms. The molecule has 0 aliphatic carbocycles. The molecule has 0 saturated carbocycles. The van der Waals surface area contributed by atoms with Crippen molar-refractivity contribution in [2.45, 2.75) is 114 Å². The predicted molar refractivity (Wildman–Crippen MR) is 195 cm³/mol. The van der Waals surface area contributed by atoms with Crippen LogP contribution in [0, 0.1) is 21.6 Å². The van der Waals surface area contributed by atoms with Gasteiger partial charge in [0, 0.05) is 35.0 Å². The highest BCUT2D eigenvalue weighted by Gasteiger charge is 2.46. The number of methoxy groups -OCH3 is 1. The molecule has 0 spiro atoms. The Morgan fingerprint density at radius 1 is 1.00 bits per heavy atom. The minimum Gasteiger partial charge on any atom is -0.468 e. The maximum Gasteiger partial charge on any atom is 0.324 e. The Morgan fingerprint density at radius 3 is 2.02 bits per heavy atom. The monoisotopic (exact) mass is 697 g/mol. The van der Waals surface area contributed by atoms with E-state index in [9.17, 15) is 23.3 Å². The molecule has 0 unspecified atom stereocenters. The molecule has 0 fully saturated rings. The summed E-state index contributed by atoms with van der Waals surface area (Å²) in [4.78, 5) is 23.6. The van der Waals surface area contributed by atoms with Crippen molar-refractivity contribution >= 4 is 48.9 Å². The Bertz CT molecular complexity index is 1770. The number of aromatic nitrogens is 1. The third-order valence-electron chi connectivity index (χ3n) is 10.0. The summed E-state index contributed by atoms with van der Waals surface area (Å²) in [5, 5.41) is 12.1. The summed E-state index contributed by atoms with van der Waals surface area (Å²) < 4.78 is 37.1. The number of carbonyl (C=O) groups excluding carboxylic acids is 1. The minimum absolute atomic E-state index is 0.0277. The molecule has 0 radical (unpaired) electrons. The molecular formula is C35H51N3O6SSi2. The van der Waals surface area contributed by atoms with Crippen LogP contribution in [0.5, 0.6) is 0 Å². The Morgan fingerprint density at radius 2 is 1.55 bits per heavy atom. The lowest BCUT2D eigenvalue weighted by atomic mass is 10.0. The number of hydrogen-bond donors (Lipinski definition) is 1. The largest absolute Gasteiger partial charge is 0.468 e. The van der Waals surface area contributed by atoms with E-state index in [1.165, 1.54) is 7.11 Å². The highest BCUT2D eigenvalue weighted by Crippen LogP contribution is 2.45. The first kappa shape index (κ1) is 38.2. The van der Waals surface area contributed by atoms with E-state index in [2.05, 4.69) is 108 Å². The van der Waals surface area contributed by atoms with E-state index >= 15 is 0 Å². The van der Waals surface area contributed by atoms with Gasteiger partial charge in [-0.15, -0.1) is 5.54 Å². The van der Waals surface area contributed by atoms with E-state index in [1.807, 2.05) is 12.1 Å². The third-order valence-corrected chi connectivity index (χ3v) is 22.8. The SMILES string of the molecule is COC(=O)[C@H](Cc1cn([Si](C(C)C)(C(C)C)C(C)C)c2cccc(C#C[Si](C)(C)C(C)(C)C)c12)NS(=O)(=O)c1ccc([N+](=O)[O-])cc1. The average Bonchev–Trinajstić information content (AvgIpc) is 3.33. The van der Waals surface area contributed by atoms with Gasteiger partial charge in [-0.3, -0.25) is 14.9 Å². The molecule has 0 aliphatic heterocycles. The lowest BCUT2D eigenvalue weighted by Crippen LogP contribution is -2.51. The van der Waals surface area contributed by atoms with E-state index in [0.717, 1.165) is 46.3 Å². The molecule has 12 heteroatoms. The van der Waals surface area contributed by atoms with Crippen molar-refractivity contribution in [3.63, 3.8) is 0 Å². The van der Waals surface area contributed by atoms with Gasteiger partial charge in [0.1, 0.15) is 14.1 Å². The average molecular weight is 698 g/mol. The van der Waals surface area contributed by atoms with Crippen LogP contribution in [0.2, 0.25) is 34.8 Å². The number of nitrogens with zero attached hydrogens (tertiary/aromatic N) is 2. The molecular weight excluding hydrogens is 647 g/mol. The molecule has 0 bridgehead atoms. The third kappa shape index (κ3) is 7.59. The standard InChI is InChI=1S/C35H51N3O6SSi2/c1-24(2)47(25(3)4,26(5)6)37-23-28(33-27(14-13-15-32(33)37)20-21-46(11,12)35(7,8)9)22-31(34(39)44-10)36-45(42,43)30-18-16-29(17-19-30)38(40)41/h13-19,23-26,31,36H,22H2,1-12H3/t31-/m0/s1. The van der Waals surface area contributed by atoms with Gasteiger partial charge in [-0.2, -0.15) is 4.72 Å². The van der Waals surface area contributed by atoms with Gasteiger partial charge >= 0.3 is 5.97 Å². The molecule has 3 aromatic rings. The Balaban J connectivity index is 2.32. The second-order valence-electron chi connectivity index (χ2n) is 14.9. The van der Waals surface area contributed by atoms with E-state index in [-0.39, 0.29) is 22.0 Å². The van der Waals surface area contributed by atoms with Crippen LogP contribution in [0.3, 0.4) is 0 Å². The number of fused-ring (bicyclic) bond motifs is 1. The molecule has 3 rings (SSSR count). The summed E-state index contributed by atoms with van der Waals surface area (Å²) in [5.74, 6) is 2.80. The molecule has 1 heterocycles. The van der Waals surface area contributed by atoms with Gasteiger partial charge in [-0.25, -0.2) is 8.42 Å². The summed E-state index contributed by atoms with van der Waals surface area (Å²) in [7, 11) is -7.29. The van der Waals surface area contributed by atoms with Crippen molar-refractivity contribution in [3.05, 3.63) is 69.9 Å². The van der Waals surface area contributed by atoms with Crippen molar-refractivity contribution < 1.29 is 22.9 Å². The topological polar surface area (TPSA) is 121 Å². The fourth-order valence-electron chi connectivity index (χ4n) is 6.73. The quantitative estimate of drug-likeness (QED) is 0.0712. The number of nitrogens with one attached hydrogen (secondary N) is 1. The van der Waals surface area contributed by atoms with E-state index in [4.69, 9.17) is 4.74 Å². The normalized spacial score (nSPS) is 13.6. The molecule has 0 amide bonds. The highest BCUT2D eigenvalue weighted by molar-refractivity contribution is 7.89. The number of non-ortho nitro benzene ring substituents is 1. The van der Waals surface area contributed by atoms with E-state index < -0.39 is 43.3 Å². The fraction of sp³-hybridized carbons (Fsp3) is 0.514. The molecule has 0 aliphatic rings. The number of ether oxygens (including phenoxy) is 1. The maximum absolute atomic E-state index is 13.5. The van der Waals surface area contributed by atoms with Crippen LogP contribution in [0.1, 0.15) is 73.4 Å². The van der Waals surface area contributed by atoms with Gasteiger partial charge in [0.05, 0.1) is 16.9 Å². The highest BCUT2D eigenvalue weighted by atomic mass is 32.2. The lowest BCUT2D eigenvalue weighted by Gasteiger charge is -2.44. The van der Waals surface area contributed by atoms with Crippen LogP contribution < -0.4 is 4.72 Å². The number of carbonyl (C=O) groups is 1. The molecule has 0 saturated heterocycles. The zero-order valence-corrected chi connectivity index (χ0v) is 32.7. The van der Waals surface area contributed by atoms with Crippen LogP contribution in [0.25, 0.3) is 10.9 Å². The van der Waals surface area contributed by atoms with Crippen LogP contribution in [0.15, 0.2) is 53.6 Å². The number of nitro groups is 1. The van der Waals surface area contributed by atoms with Gasteiger partial charge in [0.2, 0.25) is 10.0 Å². The number of benzene rings is 2. The summed E-state index contributed by atoms with van der Waals surface area (Å²) in [5.41, 5.74) is 7.24. The second-order valence-corrected chi connectivity index (χ2v) is 27.3. The first-order valence-electron chi connectivity index (χ1n) is 16.1. The van der Waals surface area contributed by atoms with Crippen molar-refractivity contribution in [2.75, 3.05) is 7.11 Å². The summed E-state index contributed by atoms with van der Waals surface area (Å²) in [6.45, 7) is 24.9. The Hall–Kier alpha value is -3.25.